The number of hydrogen-bond donors (Lipinski definition) is 1. The number of thiophene rings is 1. The number of benzene rings is 1. The van der Waals surface area contributed by atoms with Crippen LogP contribution < -0.4 is 10.1 Å². The molecular formula is C17H20N2O2S. The van der Waals surface area contributed by atoms with Crippen molar-refractivity contribution in [1.29, 1.82) is 0 Å². The molecular weight excluding hydrogens is 296 g/mol. The van der Waals surface area contributed by atoms with Crippen molar-refractivity contribution in [3.63, 3.8) is 0 Å². The van der Waals surface area contributed by atoms with Crippen LogP contribution in [0.4, 0.5) is 0 Å². The lowest BCUT2D eigenvalue weighted by atomic mass is 10.0. The summed E-state index contributed by atoms with van der Waals surface area (Å²) >= 11 is 1.61. The predicted molar refractivity (Wildman–Crippen MR) is 89.3 cm³/mol. The van der Waals surface area contributed by atoms with Gasteiger partial charge in [-0.15, -0.1) is 11.3 Å². The minimum Gasteiger partial charge on any atom is -0.427 e. The van der Waals surface area contributed by atoms with Gasteiger partial charge in [-0.05, 0) is 23.9 Å². The van der Waals surface area contributed by atoms with Gasteiger partial charge in [0.1, 0.15) is 5.75 Å². The molecule has 116 valence electrons. The largest absolute Gasteiger partial charge is 0.427 e. The van der Waals surface area contributed by atoms with Crippen molar-refractivity contribution in [2.45, 2.75) is 13.5 Å². The summed E-state index contributed by atoms with van der Waals surface area (Å²) in [5, 5.41) is 5.34. The summed E-state index contributed by atoms with van der Waals surface area (Å²) < 4.78 is 5.12. The second-order valence-electron chi connectivity index (χ2n) is 5.51. The topological polar surface area (TPSA) is 41.6 Å². The number of carbonyl (C=O) groups is 1. The van der Waals surface area contributed by atoms with Crippen LogP contribution in [0.25, 0.3) is 10.4 Å². The van der Waals surface area contributed by atoms with E-state index in [0.29, 0.717) is 12.2 Å². The van der Waals surface area contributed by atoms with Crippen LogP contribution in [0.1, 0.15) is 11.1 Å². The highest BCUT2D eigenvalue weighted by atomic mass is 32.1. The average molecular weight is 316 g/mol. The summed E-state index contributed by atoms with van der Waals surface area (Å²) in [5.74, 6) is 0.646. The zero-order valence-electron chi connectivity index (χ0n) is 12.7. The van der Waals surface area contributed by atoms with Crippen LogP contribution in [0.2, 0.25) is 0 Å². The molecule has 0 atom stereocenters. The molecule has 1 aromatic heterocycles. The van der Waals surface area contributed by atoms with Gasteiger partial charge in [0, 0.05) is 38.3 Å². The van der Waals surface area contributed by atoms with Crippen LogP contribution in [0.5, 0.6) is 5.75 Å². The first-order valence-electron chi connectivity index (χ1n) is 7.48. The number of ether oxygens (including phenoxy) is 1. The maximum Gasteiger partial charge on any atom is 0.298 e. The molecule has 1 fully saturated rings. The Kier molecular flexibility index (Phi) is 4.87. The Labute approximate surface area is 134 Å². The van der Waals surface area contributed by atoms with Crippen molar-refractivity contribution >= 4 is 17.8 Å². The number of nitrogens with zero attached hydrogens (tertiary/aromatic N) is 1. The van der Waals surface area contributed by atoms with E-state index >= 15 is 0 Å². The molecule has 0 amide bonds. The van der Waals surface area contributed by atoms with E-state index in [0.717, 1.165) is 37.6 Å². The van der Waals surface area contributed by atoms with Gasteiger partial charge in [-0.2, -0.15) is 0 Å². The molecule has 22 heavy (non-hydrogen) atoms. The second-order valence-corrected chi connectivity index (χ2v) is 6.43. The molecule has 2 heterocycles. The number of aryl methyl sites for hydroxylation is 1. The molecule has 3 rings (SSSR count). The van der Waals surface area contributed by atoms with Gasteiger partial charge in [-0.25, -0.2) is 0 Å². The lowest BCUT2D eigenvalue weighted by Crippen LogP contribution is -2.42. The van der Waals surface area contributed by atoms with Crippen LogP contribution in [-0.4, -0.2) is 37.6 Å². The smallest absolute Gasteiger partial charge is 0.298 e. The first-order chi connectivity index (χ1) is 10.8. The highest BCUT2D eigenvalue weighted by Gasteiger charge is 2.16. The summed E-state index contributed by atoms with van der Waals surface area (Å²) in [5.41, 5.74) is 3.67. The van der Waals surface area contributed by atoms with Crippen LogP contribution in [-0.2, 0) is 11.3 Å². The van der Waals surface area contributed by atoms with Gasteiger partial charge >= 0.3 is 0 Å². The minimum absolute atomic E-state index is 0.497. The third-order valence-electron chi connectivity index (χ3n) is 3.92. The minimum atomic E-state index is 0.497. The number of carbonyl (C=O) groups excluding carboxylic acids is 1. The van der Waals surface area contributed by atoms with Gasteiger partial charge < -0.3 is 10.1 Å². The van der Waals surface area contributed by atoms with Crippen molar-refractivity contribution in [3.8, 4) is 16.2 Å². The maximum atomic E-state index is 10.7. The quantitative estimate of drug-likeness (QED) is 0.861. The van der Waals surface area contributed by atoms with Gasteiger partial charge in [-0.3, -0.25) is 9.69 Å². The normalized spacial score (nSPS) is 15.7. The summed E-state index contributed by atoms with van der Waals surface area (Å²) in [4.78, 5) is 14.2. The average Bonchev–Trinajstić information content (AvgIpc) is 2.99. The third kappa shape index (κ3) is 3.38. The molecule has 1 aliphatic rings. The molecule has 2 aromatic rings. The molecule has 1 N–H and O–H groups in total. The summed E-state index contributed by atoms with van der Waals surface area (Å²) in [6, 6.07) is 8.37. The van der Waals surface area contributed by atoms with E-state index in [1.807, 2.05) is 11.4 Å². The van der Waals surface area contributed by atoms with E-state index in [4.69, 9.17) is 4.74 Å². The molecule has 0 radical (unpaired) electrons. The Morgan fingerprint density at radius 3 is 2.91 bits per heavy atom. The van der Waals surface area contributed by atoms with Crippen LogP contribution >= 0.6 is 11.3 Å². The van der Waals surface area contributed by atoms with Crippen LogP contribution in [0.3, 0.4) is 0 Å². The number of piperazine rings is 1. The summed E-state index contributed by atoms with van der Waals surface area (Å²) in [7, 11) is 0. The molecule has 5 heteroatoms. The predicted octanol–water partition coefficient (Wildman–Crippen LogP) is 2.66. The van der Waals surface area contributed by atoms with E-state index in [2.05, 4.69) is 35.3 Å². The molecule has 0 bridgehead atoms. The molecule has 1 saturated heterocycles. The SMILES string of the molecule is Cc1ccc(CN2CCNCC2)c(-c2sccc2OC=O)c1. The monoisotopic (exact) mass is 316 g/mol. The van der Waals surface area contributed by atoms with Crippen molar-refractivity contribution in [3.05, 3.63) is 40.8 Å². The van der Waals surface area contributed by atoms with Gasteiger partial charge in [0.15, 0.2) is 0 Å². The van der Waals surface area contributed by atoms with Crippen molar-refractivity contribution in [1.82, 2.24) is 10.2 Å². The lowest BCUT2D eigenvalue weighted by Gasteiger charge is -2.28. The van der Waals surface area contributed by atoms with Gasteiger partial charge in [-0.1, -0.05) is 23.8 Å². The van der Waals surface area contributed by atoms with E-state index in [-0.39, 0.29) is 0 Å². The maximum absolute atomic E-state index is 10.7. The highest BCUT2D eigenvalue weighted by molar-refractivity contribution is 7.14. The Morgan fingerprint density at radius 2 is 2.14 bits per heavy atom. The van der Waals surface area contributed by atoms with Crippen LogP contribution in [0, 0.1) is 6.92 Å². The molecule has 0 unspecified atom stereocenters. The highest BCUT2D eigenvalue weighted by Crippen LogP contribution is 2.38. The standard InChI is InChI=1S/C17H20N2O2S/c1-13-2-3-14(11-19-7-5-18-6-8-19)15(10-13)17-16(21-12-20)4-9-22-17/h2-4,9-10,12,18H,5-8,11H2,1H3. The molecule has 4 nitrogen and oxygen atoms in total. The Bertz CT molecular complexity index is 648. The van der Waals surface area contributed by atoms with E-state index in [1.54, 1.807) is 11.3 Å². The van der Waals surface area contributed by atoms with E-state index in [1.165, 1.54) is 16.7 Å². The first-order valence-corrected chi connectivity index (χ1v) is 8.36. The molecule has 0 aliphatic carbocycles. The second kappa shape index (κ2) is 7.05. The third-order valence-corrected chi connectivity index (χ3v) is 4.85. The fourth-order valence-corrected chi connectivity index (χ4v) is 3.67. The summed E-state index contributed by atoms with van der Waals surface area (Å²) in [6.45, 7) is 7.73. The van der Waals surface area contributed by atoms with Gasteiger partial charge in [0.05, 0.1) is 4.88 Å². The lowest BCUT2D eigenvalue weighted by molar-refractivity contribution is -0.120. The Morgan fingerprint density at radius 1 is 1.32 bits per heavy atom. The first kappa shape index (κ1) is 15.2. The van der Waals surface area contributed by atoms with E-state index in [9.17, 15) is 4.79 Å². The number of nitrogens with one attached hydrogen (secondary N) is 1. The van der Waals surface area contributed by atoms with Gasteiger partial charge in [0.25, 0.3) is 6.47 Å². The fourth-order valence-electron chi connectivity index (χ4n) is 2.79. The van der Waals surface area contributed by atoms with Crippen LogP contribution in [0.15, 0.2) is 29.6 Å². The Balaban J connectivity index is 1.93. The molecule has 0 saturated carbocycles. The summed E-state index contributed by atoms with van der Waals surface area (Å²) in [6.07, 6.45) is 0. The van der Waals surface area contributed by atoms with Crippen molar-refractivity contribution in [2.75, 3.05) is 26.2 Å². The molecule has 1 aliphatic heterocycles. The van der Waals surface area contributed by atoms with Crippen molar-refractivity contribution < 1.29 is 9.53 Å². The zero-order valence-corrected chi connectivity index (χ0v) is 13.5. The fraction of sp³-hybridized carbons (Fsp3) is 0.353. The molecule has 1 aromatic carbocycles. The van der Waals surface area contributed by atoms with Crippen molar-refractivity contribution in [2.24, 2.45) is 0 Å². The number of rotatable bonds is 5. The Hall–Kier alpha value is -1.69. The van der Waals surface area contributed by atoms with Gasteiger partial charge in [0.2, 0.25) is 0 Å². The number of hydrogen-bond acceptors (Lipinski definition) is 5. The zero-order chi connectivity index (χ0) is 15.4. The molecule has 0 spiro atoms. The van der Waals surface area contributed by atoms with E-state index < -0.39 is 0 Å².